The number of rotatable bonds is 5. The summed E-state index contributed by atoms with van der Waals surface area (Å²) in [6, 6.07) is 6.00. The summed E-state index contributed by atoms with van der Waals surface area (Å²) in [6.07, 6.45) is 3.25. The number of carbonyl (C=O) groups excluding carboxylic acids is 1. The molecule has 2 heterocycles. The molecule has 0 radical (unpaired) electrons. The van der Waals surface area contributed by atoms with Gasteiger partial charge >= 0.3 is 0 Å². The number of aromatic nitrogens is 1. The number of thiophene rings is 1. The van der Waals surface area contributed by atoms with Crippen LogP contribution in [0.25, 0.3) is 11.3 Å². The molecule has 0 saturated carbocycles. The van der Waals surface area contributed by atoms with Crippen molar-refractivity contribution in [3.05, 3.63) is 40.7 Å². The van der Waals surface area contributed by atoms with Gasteiger partial charge in [-0.1, -0.05) is 6.92 Å². The third-order valence-corrected chi connectivity index (χ3v) is 3.29. The third kappa shape index (κ3) is 3.40. The highest BCUT2D eigenvalue weighted by molar-refractivity contribution is 7.08. The summed E-state index contributed by atoms with van der Waals surface area (Å²) >= 11 is 1.66. The van der Waals surface area contributed by atoms with Crippen LogP contribution in [0.1, 0.15) is 25.3 Å². The Kier molecular flexibility index (Phi) is 4.47. The predicted molar refractivity (Wildman–Crippen MR) is 74.3 cm³/mol. The monoisotopic (exact) mass is 260 g/mol. The molecule has 0 aliphatic heterocycles. The van der Waals surface area contributed by atoms with E-state index in [9.17, 15) is 4.79 Å². The second kappa shape index (κ2) is 6.31. The summed E-state index contributed by atoms with van der Waals surface area (Å²) in [6.45, 7) is 2.57. The fourth-order valence-corrected chi connectivity index (χ4v) is 2.32. The van der Waals surface area contributed by atoms with Gasteiger partial charge in [0.15, 0.2) is 0 Å². The van der Waals surface area contributed by atoms with Gasteiger partial charge in [0.1, 0.15) is 0 Å². The molecule has 0 aromatic carbocycles. The van der Waals surface area contributed by atoms with Gasteiger partial charge < -0.3 is 5.32 Å². The Morgan fingerprint density at radius 3 is 3.06 bits per heavy atom. The van der Waals surface area contributed by atoms with Crippen LogP contribution in [0.2, 0.25) is 0 Å². The van der Waals surface area contributed by atoms with Gasteiger partial charge in [-0.25, -0.2) is 0 Å². The van der Waals surface area contributed by atoms with Crippen LogP contribution in [0.15, 0.2) is 35.2 Å². The first-order chi connectivity index (χ1) is 8.79. The molecule has 2 aromatic heterocycles. The van der Waals surface area contributed by atoms with Crippen LogP contribution in [0.5, 0.6) is 0 Å². The molecule has 0 fully saturated rings. The topological polar surface area (TPSA) is 42.0 Å². The second-order valence-electron chi connectivity index (χ2n) is 4.09. The van der Waals surface area contributed by atoms with E-state index in [1.807, 2.05) is 30.5 Å². The molecule has 18 heavy (non-hydrogen) atoms. The molecule has 2 aromatic rings. The predicted octanol–water partition coefficient (Wildman–Crippen LogP) is 3.23. The molecule has 0 bridgehead atoms. The molecular weight excluding hydrogens is 244 g/mol. The SMILES string of the molecule is CCCC(=O)NCc1ccnc(-c2ccsc2)c1. The Hall–Kier alpha value is -1.68. The summed E-state index contributed by atoms with van der Waals surface area (Å²) in [5.41, 5.74) is 3.16. The Balaban J connectivity index is 2.02. The van der Waals surface area contributed by atoms with Crippen molar-refractivity contribution in [2.45, 2.75) is 26.3 Å². The zero-order chi connectivity index (χ0) is 12.8. The van der Waals surface area contributed by atoms with Crippen LogP contribution in [0.4, 0.5) is 0 Å². The fourth-order valence-electron chi connectivity index (χ4n) is 1.67. The molecule has 0 saturated heterocycles. The lowest BCUT2D eigenvalue weighted by molar-refractivity contribution is -0.121. The molecule has 2 rings (SSSR count). The minimum atomic E-state index is 0.103. The summed E-state index contributed by atoms with van der Waals surface area (Å²) in [4.78, 5) is 15.7. The van der Waals surface area contributed by atoms with Crippen molar-refractivity contribution in [3.8, 4) is 11.3 Å². The molecule has 94 valence electrons. The van der Waals surface area contributed by atoms with Crippen LogP contribution in [0.3, 0.4) is 0 Å². The molecular formula is C14H16N2OS. The molecule has 4 heteroatoms. The van der Waals surface area contributed by atoms with Crippen molar-refractivity contribution in [3.63, 3.8) is 0 Å². The van der Waals surface area contributed by atoms with E-state index >= 15 is 0 Å². The van der Waals surface area contributed by atoms with Crippen molar-refractivity contribution in [2.24, 2.45) is 0 Å². The van der Waals surface area contributed by atoms with Crippen molar-refractivity contribution >= 4 is 17.2 Å². The number of hydrogen-bond donors (Lipinski definition) is 1. The Morgan fingerprint density at radius 1 is 1.44 bits per heavy atom. The van der Waals surface area contributed by atoms with Crippen molar-refractivity contribution in [2.75, 3.05) is 0 Å². The van der Waals surface area contributed by atoms with E-state index in [1.54, 1.807) is 17.5 Å². The first-order valence-electron chi connectivity index (χ1n) is 6.04. The van der Waals surface area contributed by atoms with E-state index in [4.69, 9.17) is 0 Å². The van der Waals surface area contributed by atoms with Crippen molar-refractivity contribution in [1.29, 1.82) is 0 Å². The Bertz CT molecular complexity index is 508. The fraction of sp³-hybridized carbons (Fsp3) is 0.286. The molecule has 0 aliphatic carbocycles. The smallest absolute Gasteiger partial charge is 0.220 e. The van der Waals surface area contributed by atoms with Gasteiger partial charge in [0, 0.05) is 30.1 Å². The second-order valence-corrected chi connectivity index (χ2v) is 4.87. The zero-order valence-electron chi connectivity index (χ0n) is 10.3. The summed E-state index contributed by atoms with van der Waals surface area (Å²) in [7, 11) is 0. The average Bonchev–Trinajstić information content (AvgIpc) is 2.91. The van der Waals surface area contributed by atoms with Gasteiger partial charge in [-0.05, 0) is 35.6 Å². The van der Waals surface area contributed by atoms with Crippen molar-refractivity contribution in [1.82, 2.24) is 10.3 Å². The molecule has 3 nitrogen and oxygen atoms in total. The van der Waals surface area contributed by atoms with Crippen LogP contribution >= 0.6 is 11.3 Å². The summed E-state index contributed by atoms with van der Waals surface area (Å²) in [5.74, 6) is 0.103. The summed E-state index contributed by atoms with van der Waals surface area (Å²) in [5, 5.41) is 7.01. The third-order valence-electron chi connectivity index (χ3n) is 2.61. The Labute approximate surface area is 111 Å². The van der Waals surface area contributed by atoms with E-state index in [0.29, 0.717) is 13.0 Å². The first-order valence-corrected chi connectivity index (χ1v) is 6.98. The van der Waals surface area contributed by atoms with Crippen LogP contribution < -0.4 is 5.32 Å². The van der Waals surface area contributed by atoms with Crippen LogP contribution in [-0.2, 0) is 11.3 Å². The van der Waals surface area contributed by atoms with Crippen LogP contribution in [0, 0.1) is 0 Å². The van der Waals surface area contributed by atoms with Crippen LogP contribution in [-0.4, -0.2) is 10.9 Å². The molecule has 0 atom stereocenters. The number of amides is 1. The van der Waals surface area contributed by atoms with Crippen molar-refractivity contribution < 1.29 is 4.79 Å². The molecule has 1 amide bonds. The average molecular weight is 260 g/mol. The maximum Gasteiger partial charge on any atom is 0.220 e. The van der Waals surface area contributed by atoms with E-state index in [2.05, 4.69) is 15.7 Å². The van der Waals surface area contributed by atoms with E-state index in [-0.39, 0.29) is 5.91 Å². The largest absolute Gasteiger partial charge is 0.352 e. The molecule has 0 unspecified atom stereocenters. The number of hydrogen-bond acceptors (Lipinski definition) is 3. The normalized spacial score (nSPS) is 10.3. The lowest BCUT2D eigenvalue weighted by Crippen LogP contribution is -2.22. The molecule has 1 N–H and O–H groups in total. The van der Waals surface area contributed by atoms with Gasteiger partial charge in [0.05, 0.1) is 5.69 Å². The van der Waals surface area contributed by atoms with Gasteiger partial charge in [0.2, 0.25) is 5.91 Å². The van der Waals surface area contributed by atoms with Gasteiger partial charge in [-0.2, -0.15) is 11.3 Å². The van der Waals surface area contributed by atoms with E-state index < -0.39 is 0 Å². The van der Waals surface area contributed by atoms with E-state index in [1.165, 1.54) is 0 Å². The summed E-state index contributed by atoms with van der Waals surface area (Å²) < 4.78 is 0. The first kappa shape index (κ1) is 12.8. The van der Waals surface area contributed by atoms with Gasteiger partial charge in [-0.3, -0.25) is 9.78 Å². The number of pyridine rings is 1. The number of nitrogens with one attached hydrogen (secondary N) is 1. The van der Waals surface area contributed by atoms with Gasteiger partial charge in [-0.15, -0.1) is 0 Å². The highest BCUT2D eigenvalue weighted by Gasteiger charge is 2.03. The highest BCUT2D eigenvalue weighted by Crippen LogP contribution is 2.20. The van der Waals surface area contributed by atoms with E-state index in [0.717, 1.165) is 23.2 Å². The van der Waals surface area contributed by atoms with Gasteiger partial charge in [0.25, 0.3) is 0 Å². The zero-order valence-corrected chi connectivity index (χ0v) is 11.2. The standard InChI is InChI=1S/C14H16N2OS/c1-2-3-14(17)16-9-11-4-6-15-13(8-11)12-5-7-18-10-12/h4-8,10H,2-3,9H2,1H3,(H,16,17). The number of nitrogens with zero attached hydrogens (tertiary/aromatic N) is 1. The minimum absolute atomic E-state index is 0.103. The molecule has 0 aliphatic rings. The maximum absolute atomic E-state index is 11.4. The maximum atomic E-state index is 11.4. The minimum Gasteiger partial charge on any atom is -0.352 e. The lowest BCUT2D eigenvalue weighted by atomic mass is 10.1. The lowest BCUT2D eigenvalue weighted by Gasteiger charge is -2.05. The quantitative estimate of drug-likeness (QED) is 0.896. The Morgan fingerprint density at radius 2 is 2.33 bits per heavy atom. The number of carbonyl (C=O) groups is 1. The highest BCUT2D eigenvalue weighted by atomic mass is 32.1. The molecule has 0 spiro atoms.